The minimum Gasteiger partial charge on any atom is -0.473 e. The smallest absolute Gasteiger partial charge is 0.158 e. The van der Waals surface area contributed by atoms with Crippen molar-refractivity contribution < 1.29 is 4.74 Å². The molecule has 84 valence electrons. The first-order chi connectivity index (χ1) is 7.72. The van der Waals surface area contributed by atoms with E-state index < -0.39 is 0 Å². The molecule has 3 heteroatoms. The molecule has 0 bridgehead atoms. The Morgan fingerprint density at radius 1 is 1.44 bits per heavy atom. The maximum atomic E-state index is 8.81. The van der Waals surface area contributed by atoms with Crippen LogP contribution in [0.1, 0.15) is 31.7 Å². The van der Waals surface area contributed by atoms with Gasteiger partial charge in [0.25, 0.3) is 0 Å². The second-order valence-corrected chi connectivity index (χ2v) is 4.36. The highest BCUT2D eigenvalue weighted by atomic mass is 16.5. The number of piperidine rings is 1. The molecule has 0 amide bonds. The van der Waals surface area contributed by atoms with E-state index in [1.807, 2.05) is 12.1 Å². The Kier molecular flexibility index (Phi) is 3.12. The minimum atomic E-state index is -0.285. The molecule has 0 saturated carbocycles. The van der Waals surface area contributed by atoms with Gasteiger partial charge in [0.15, 0.2) is 5.72 Å². The lowest BCUT2D eigenvalue weighted by Crippen LogP contribution is -2.50. The van der Waals surface area contributed by atoms with Gasteiger partial charge in [0.2, 0.25) is 0 Å². The van der Waals surface area contributed by atoms with E-state index in [4.69, 9.17) is 10.00 Å². The molecule has 1 heterocycles. The fourth-order valence-corrected chi connectivity index (χ4v) is 2.00. The normalized spacial score (nSPS) is 24.8. The van der Waals surface area contributed by atoms with Gasteiger partial charge in [-0.15, -0.1) is 0 Å². The quantitative estimate of drug-likeness (QED) is 0.825. The molecule has 1 aromatic carbocycles. The minimum absolute atomic E-state index is 0.285. The van der Waals surface area contributed by atoms with Crippen LogP contribution in [0, 0.1) is 11.3 Å². The number of hydrogen-bond donors (Lipinski definition) is 1. The van der Waals surface area contributed by atoms with Crippen molar-refractivity contribution >= 4 is 0 Å². The van der Waals surface area contributed by atoms with Crippen molar-refractivity contribution in [2.45, 2.75) is 31.9 Å². The van der Waals surface area contributed by atoms with Gasteiger partial charge in [-0.3, -0.25) is 5.32 Å². The van der Waals surface area contributed by atoms with Crippen LogP contribution in [0.5, 0.6) is 5.75 Å². The lowest BCUT2D eigenvalue weighted by atomic mass is 10.0. The third-order valence-corrected chi connectivity index (χ3v) is 2.89. The summed E-state index contributed by atoms with van der Waals surface area (Å²) in [6, 6.07) is 9.42. The van der Waals surface area contributed by atoms with E-state index in [-0.39, 0.29) is 5.72 Å². The first kappa shape index (κ1) is 11.0. The fraction of sp³-hybridized carbons (Fsp3) is 0.462. The summed E-state index contributed by atoms with van der Waals surface area (Å²) in [5.74, 6) is 0.760. The summed E-state index contributed by atoms with van der Waals surface area (Å²) in [7, 11) is 0. The van der Waals surface area contributed by atoms with Crippen LogP contribution in [0.2, 0.25) is 0 Å². The Labute approximate surface area is 96.0 Å². The second kappa shape index (κ2) is 4.54. The molecule has 3 nitrogen and oxygen atoms in total. The number of nitrogens with one attached hydrogen (secondary N) is 1. The van der Waals surface area contributed by atoms with Crippen LogP contribution in [-0.2, 0) is 0 Å². The van der Waals surface area contributed by atoms with Crippen molar-refractivity contribution in [3.8, 4) is 11.8 Å². The number of rotatable bonds is 2. The van der Waals surface area contributed by atoms with Gasteiger partial charge >= 0.3 is 0 Å². The van der Waals surface area contributed by atoms with Gasteiger partial charge in [0.1, 0.15) is 5.75 Å². The average molecular weight is 216 g/mol. The highest BCUT2D eigenvalue weighted by Gasteiger charge is 2.27. The zero-order valence-electron chi connectivity index (χ0n) is 9.49. The molecule has 1 saturated heterocycles. The van der Waals surface area contributed by atoms with E-state index in [1.165, 1.54) is 12.8 Å². The number of ether oxygens (including phenoxy) is 1. The molecular formula is C13H16N2O. The summed E-state index contributed by atoms with van der Waals surface area (Å²) in [6.07, 6.45) is 3.39. The van der Waals surface area contributed by atoms with Gasteiger partial charge < -0.3 is 4.74 Å². The van der Waals surface area contributed by atoms with Gasteiger partial charge in [0, 0.05) is 6.42 Å². The standard InChI is InChI=1S/C13H16N2O/c1-13(7-2-3-8-15-13)16-12-6-4-5-11(9-12)10-14/h4-6,9,15H,2-3,7-8H2,1H3. The van der Waals surface area contributed by atoms with Crippen molar-refractivity contribution in [3.05, 3.63) is 29.8 Å². The first-order valence-electron chi connectivity index (χ1n) is 5.66. The summed E-state index contributed by atoms with van der Waals surface area (Å²) < 4.78 is 5.92. The Balaban J connectivity index is 2.10. The topological polar surface area (TPSA) is 45.0 Å². The molecule has 1 aliphatic rings. The van der Waals surface area contributed by atoms with E-state index in [1.54, 1.807) is 12.1 Å². The number of benzene rings is 1. The maximum Gasteiger partial charge on any atom is 0.158 e. The van der Waals surface area contributed by atoms with Crippen molar-refractivity contribution in [2.24, 2.45) is 0 Å². The summed E-state index contributed by atoms with van der Waals surface area (Å²) in [5.41, 5.74) is 0.351. The first-order valence-corrected chi connectivity index (χ1v) is 5.66. The van der Waals surface area contributed by atoms with Gasteiger partial charge in [-0.05, 0) is 44.5 Å². The molecule has 16 heavy (non-hydrogen) atoms. The monoisotopic (exact) mass is 216 g/mol. The van der Waals surface area contributed by atoms with Gasteiger partial charge in [-0.2, -0.15) is 5.26 Å². The Morgan fingerprint density at radius 2 is 2.31 bits per heavy atom. The highest BCUT2D eigenvalue weighted by Crippen LogP contribution is 2.24. The van der Waals surface area contributed by atoms with Gasteiger partial charge in [0.05, 0.1) is 11.6 Å². The largest absolute Gasteiger partial charge is 0.473 e. The van der Waals surface area contributed by atoms with Crippen molar-refractivity contribution in [1.29, 1.82) is 5.26 Å². The Hall–Kier alpha value is -1.53. The molecule has 0 spiro atoms. The highest BCUT2D eigenvalue weighted by molar-refractivity contribution is 5.36. The van der Waals surface area contributed by atoms with Gasteiger partial charge in [-0.1, -0.05) is 6.07 Å². The Bertz CT molecular complexity index is 403. The molecule has 1 aliphatic heterocycles. The zero-order valence-corrected chi connectivity index (χ0v) is 9.49. The van der Waals surface area contributed by atoms with Crippen LogP contribution in [0.4, 0.5) is 0 Å². The van der Waals surface area contributed by atoms with Crippen LogP contribution >= 0.6 is 0 Å². The molecule has 0 radical (unpaired) electrons. The molecular weight excluding hydrogens is 200 g/mol. The molecule has 1 fully saturated rings. The number of nitriles is 1. The lowest BCUT2D eigenvalue weighted by molar-refractivity contribution is 0.0255. The van der Waals surface area contributed by atoms with Crippen LogP contribution < -0.4 is 10.1 Å². The lowest BCUT2D eigenvalue weighted by Gasteiger charge is -2.35. The van der Waals surface area contributed by atoms with Gasteiger partial charge in [-0.25, -0.2) is 0 Å². The van der Waals surface area contributed by atoms with Crippen molar-refractivity contribution in [1.82, 2.24) is 5.32 Å². The second-order valence-electron chi connectivity index (χ2n) is 4.36. The van der Waals surface area contributed by atoms with Crippen molar-refractivity contribution in [3.63, 3.8) is 0 Å². The van der Waals surface area contributed by atoms with Crippen LogP contribution in [0.3, 0.4) is 0 Å². The summed E-state index contributed by atoms with van der Waals surface area (Å²) in [5, 5.41) is 12.2. The zero-order chi connectivity index (χ0) is 11.4. The summed E-state index contributed by atoms with van der Waals surface area (Å²) >= 11 is 0. The molecule has 1 aromatic rings. The molecule has 1 atom stereocenters. The maximum absolute atomic E-state index is 8.81. The number of nitrogens with zero attached hydrogens (tertiary/aromatic N) is 1. The van der Waals surface area contributed by atoms with Crippen LogP contribution in [0.25, 0.3) is 0 Å². The third-order valence-electron chi connectivity index (χ3n) is 2.89. The molecule has 2 rings (SSSR count). The summed E-state index contributed by atoms with van der Waals surface area (Å²) in [6.45, 7) is 3.06. The predicted octanol–water partition coefficient (Wildman–Crippen LogP) is 2.43. The Morgan fingerprint density at radius 3 is 3.00 bits per heavy atom. The van der Waals surface area contributed by atoms with E-state index in [0.29, 0.717) is 5.56 Å². The van der Waals surface area contributed by atoms with Crippen LogP contribution in [-0.4, -0.2) is 12.3 Å². The fourth-order valence-electron chi connectivity index (χ4n) is 2.00. The van der Waals surface area contributed by atoms with E-state index in [2.05, 4.69) is 18.3 Å². The molecule has 0 aromatic heterocycles. The van der Waals surface area contributed by atoms with E-state index in [0.717, 1.165) is 18.7 Å². The van der Waals surface area contributed by atoms with Crippen LogP contribution in [0.15, 0.2) is 24.3 Å². The SMILES string of the molecule is CC1(Oc2cccc(C#N)c2)CCCCN1. The predicted molar refractivity (Wildman–Crippen MR) is 62.0 cm³/mol. The average Bonchev–Trinajstić information content (AvgIpc) is 2.29. The van der Waals surface area contributed by atoms with E-state index >= 15 is 0 Å². The summed E-state index contributed by atoms with van der Waals surface area (Å²) in [4.78, 5) is 0. The van der Waals surface area contributed by atoms with E-state index in [9.17, 15) is 0 Å². The molecule has 0 aliphatic carbocycles. The van der Waals surface area contributed by atoms with Crippen molar-refractivity contribution in [2.75, 3.05) is 6.54 Å². The third kappa shape index (κ3) is 2.53. The number of hydrogen-bond acceptors (Lipinski definition) is 3. The molecule has 1 N–H and O–H groups in total. The molecule has 1 unspecified atom stereocenters.